The van der Waals surface area contributed by atoms with E-state index in [1.54, 1.807) is 0 Å². The molecule has 28 heavy (non-hydrogen) atoms. The first-order chi connectivity index (χ1) is 13.5. The van der Waals surface area contributed by atoms with Crippen LogP contribution in [-0.4, -0.2) is 51.4 Å². The highest BCUT2D eigenvalue weighted by molar-refractivity contribution is 7.19. The first kappa shape index (κ1) is 19.5. The van der Waals surface area contributed by atoms with Crippen molar-refractivity contribution in [3.05, 3.63) is 70.1 Å². The molecule has 3 aromatic rings. The molecule has 0 bridgehead atoms. The Labute approximate surface area is 167 Å². The van der Waals surface area contributed by atoms with Gasteiger partial charge in [-0.25, -0.2) is 0 Å². The summed E-state index contributed by atoms with van der Waals surface area (Å²) in [4.78, 5) is 0.767. The summed E-state index contributed by atoms with van der Waals surface area (Å²) in [6, 6.07) is 16.5. The van der Waals surface area contributed by atoms with Crippen molar-refractivity contribution in [3.8, 4) is 0 Å². The van der Waals surface area contributed by atoms with E-state index < -0.39 is 37.1 Å². The molecule has 1 saturated heterocycles. The molecule has 2 heterocycles. The van der Waals surface area contributed by atoms with E-state index in [-0.39, 0.29) is 0 Å². The highest BCUT2D eigenvalue weighted by atomic mass is 32.1. The molecule has 4 rings (SSSR count). The van der Waals surface area contributed by atoms with Crippen LogP contribution in [0.4, 0.5) is 0 Å². The smallest absolute Gasteiger partial charge is 0.121 e. The van der Waals surface area contributed by atoms with Gasteiger partial charge in [0.25, 0.3) is 0 Å². The molecule has 1 fully saturated rings. The van der Waals surface area contributed by atoms with E-state index in [0.717, 1.165) is 21.4 Å². The van der Waals surface area contributed by atoms with E-state index in [9.17, 15) is 20.4 Å². The van der Waals surface area contributed by atoms with Crippen molar-refractivity contribution in [1.82, 2.24) is 0 Å². The third-order valence-electron chi connectivity index (χ3n) is 5.33. The Morgan fingerprint density at radius 1 is 0.964 bits per heavy atom. The number of aryl methyl sites for hydroxylation is 1. The zero-order valence-electron chi connectivity index (χ0n) is 15.5. The van der Waals surface area contributed by atoms with Crippen LogP contribution in [0.3, 0.4) is 0 Å². The van der Waals surface area contributed by atoms with Gasteiger partial charge in [-0.05, 0) is 35.9 Å². The van der Waals surface area contributed by atoms with Gasteiger partial charge >= 0.3 is 0 Å². The van der Waals surface area contributed by atoms with Gasteiger partial charge in [0.05, 0.1) is 6.61 Å². The van der Waals surface area contributed by atoms with Gasteiger partial charge in [-0.3, -0.25) is 0 Å². The summed E-state index contributed by atoms with van der Waals surface area (Å²) >= 11 is 1.51. The van der Waals surface area contributed by atoms with Gasteiger partial charge in [0.1, 0.15) is 30.5 Å². The molecule has 1 aliphatic rings. The van der Waals surface area contributed by atoms with Crippen molar-refractivity contribution in [2.24, 2.45) is 0 Å². The Bertz CT molecular complexity index is 949. The van der Waals surface area contributed by atoms with Crippen LogP contribution in [0, 0.1) is 6.92 Å². The van der Waals surface area contributed by atoms with Crippen LogP contribution in [0.2, 0.25) is 0 Å². The molecule has 0 saturated carbocycles. The van der Waals surface area contributed by atoms with Gasteiger partial charge in [-0.1, -0.05) is 48.0 Å². The normalized spacial score (nSPS) is 28.0. The third-order valence-corrected chi connectivity index (χ3v) is 6.62. The minimum atomic E-state index is -1.37. The molecule has 1 aromatic heterocycles. The van der Waals surface area contributed by atoms with Crippen LogP contribution in [0.1, 0.15) is 27.7 Å². The van der Waals surface area contributed by atoms with Crippen LogP contribution in [-0.2, 0) is 11.2 Å². The summed E-state index contributed by atoms with van der Waals surface area (Å²) in [7, 11) is 0. The molecule has 0 radical (unpaired) electrons. The minimum Gasteiger partial charge on any atom is -0.394 e. The van der Waals surface area contributed by atoms with Crippen LogP contribution in [0.25, 0.3) is 10.1 Å². The molecule has 2 aromatic carbocycles. The van der Waals surface area contributed by atoms with Crippen molar-refractivity contribution in [2.45, 2.75) is 43.9 Å². The van der Waals surface area contributed by atoms with Gasteiger partial charge in [0.2, 0.25) is 0 Å². The fraction of sp³-hybridized carbons (Fsp3) is 0.364. The molecule has 0 aliphatic carbocycles. The lowest BCUT2D eigenvalue weighted by molar-refractivity contribution is -0.230. The van der Waals surface area contributed by atoms with Crippen molar-refractivity contribution < 1.29 is 25.2 Å². The Morgan fingerprint density at radius 2 is 1.71 bits per heavy atom. The first-order valence-electron chi connectivity index (χ1n) is 9.35. The second-order valence-corrected chi connectivity index (χ2v) is 8.48. The number of fused-ring (bicyclic) bond motifs is 1. The van der Waals surface area contributed by atoms with Gasteiger partial charge in [0.15, 0.2) is 0 Å². The molecule has 148 valence electrons. The average Bonchev–Trinajstić information content (AvgIpc) is 3.13. The van der Waals surface area contributed by atoms with Gasteiger partial charge in [0, 0.05) is 9.58 Å². The maximum absolute atomic E-state index is 10.4. The Morgan fingerprint density at radius 3 is 2.43 bits per heavy atom. The van der Waals surface area contributed by atoms with E-state index in [0.29, 0.717) is 0 Å². The largest absolute Gasteiger partial charge is 0.394 e. The lowest BCUT2D eigenvalue weighted by Crippen LogP contribution is -2.55. The summed E-state index contributed by atoms with van der Waals surface area (Å²) in [6.45, 7) is 1.64. The van der Waals surface area contributed by atoms with Crippen LogP contribution >= 0.6 is 11.3 Å². The standard InChI is InChI=1S/C22H24O5S/c1-12-5-7-13(8-6-12)9-14-3-2-4-15-10-17(28-22(14)15)21-20(26)19(25)18(24)16(11-23)27-21/h2-8,10,16,18-21,23-26H,9,11H2,1H3/t16-,18-,19+,20-,21+/m1/s1. The summed E-state index contributed by atoms with van der Waals surface area (Å²) in [6.07, 6.45) is -4.87. The lowest BCUT2D eigenvalue weighted by Gasteiger charge is -2.39. The van der Waals surface area contributed by atoms with E-state index in [4.69, 9.17) is 4.74 Å². The minimum absolute atomic E-state index is 0.426. The molecule has 0 amide bonds. The van der Waals surface area contributed by atoms with Crippen LogP contribution in [0.5, 0.6) is 0 Å². The number of aliphatic hydroxyl groups is 4. The molecule has 0 spiro atoms. The number of ether oxygens (including phenoxy) is 1. The number of hydrogen-bond donors (Lipinski definition) is 4. The molecule has 4 N–H and O–H groups in total. The van der Waals surface area contributed by atoms with Crippen molar-refractivity contribution in [2.75, 3.05) is 6.61 Å². The van der Waals surface area contributed by atoms with Gasteiger partial charge in [-0.2, -0.15) is 0 Å². The molecular formula is C22H24O5S. The van der Waals surface area contributed by atoms with Crippen LogP contribution < -0.4 is 0 Å². The zero-order valence-corrected chi connectivity index (χ0v) is 16.3. The third kappa shape index (κ3) is 3.59. The Balaban J connectivity index is 1.67. The number of rotatable bonds is 4. The molecule has 5 nitrogen and oxygen atoms in total. The first-order valence-corrected chi connectivity index (χ1v) is 10.2. The maximum atomic E-state index is 10.4. The summed E-state index contributed by atoms with van der Waals surface area (Å²) in [5.74, 6) is 0. The van der Waals surface area contributed by atoms with E-state index >= 15 is 0 Å². The Hall–Kier alpha value is -1.80. The fourth-order valence-electron chi connectivity index (χ4n) is 3.69. The Kier molecular flexibility index (Phi) is 5.51. The van der Waals surface area contributed by atoms with Crippen molar-refractivity contribution >= 4 is 21.4 Å². The lowest BCUT2D eigenvalue weighted by atomic mass is 9.94. The molecule has 0 unspecified atom stereocenters. The van der Waals surface area contributed by atoms with Crippen molar-refractivity contribution in [3.63, 3.8) is 0 Å². The molecule has 6 heteroatoms. The SMILES string of the molecule is Cc1ccc(Cc2cccc3cc([C@@H]4O[C@H](CO)[C@@H](O)[C@H](O)[C@H]4O)sc23)cc1. The summed E-state index contributed by atoms with van der Waals surface area (Å²) in [5, 5.41) is 41.0. The number of hydrogen-bond acceptors (Lipinski definition) is 6. The summed E-state index contributed by atoms with van der Waals surface area (Å²) < 4.78 is 6.82. The fourth-order valence-corrected chi connectivity index (χ4v) is 4.93. The van der Waals surface area contributed by atoms with Gasteiger partial charge in [-0.15, -0.1) is 11.3 Å². The predicted octanol–water partition coefficient (Wildman–Crippen LogP) is 2.32. The quantitative estimate of drug-likeness (QED) is 0.540. The van der Waals surface area contributed by atoms with E-state index in [2.05, 4.69) is 37.3 Å². The van der Waals surface area contributed by atoms with E-state index in [1.807, 2.05) is 18.2 Å². The highest BCUT2D eigenvalue weighted by Gasteiger charge is 2.44. The number of thiophene rings is 1. The molecule has 5 atom stereocenters. The second kappa shape index (κ2) is 7.91. The van der Waals surface area contributed by atoms with Gasteiger partial charge < -0.3 is 25.2 Å². The summed E-state index contributed by atoms with van der Waals surface area (Å²) in [5.41, 5.74) is 3.63. The topological polar surface area (TPSA) is 90.2 Å². The number of benzene rings is 2. The monoisotopic (exact) mass is 400 g/mol. The number of aliphatic hydroxyl groups excluding tert-OH is 4. The molecular weight excluding hydrogens is 376 g/mol. The zero-order chi connectivity index (χ0) is 19.8. The average molecular weight is 400 g/mol. The van der Waals surface area contributed by atoms with Crippen molar-refractivity contribution in [1.29, 1.82) is 0 Å². The molecule has 1 aliphatic heterocycles. The van der Waals surface area contributed by atoms with E-state index in [1.165, 1.54) is 28.0 Å². The predicted molar refractivity (Wildman–Crippen MR) is 109 cm³/mol. The second-order valence-electron chi connectivity index (χ2n) is 7.40. The maximum Gasteiger partial charge on any atom is 0.121 e. The highest BCUT2D eigenvalue weighted by Crippen LogP contribution is 2.39. The van der Waals surface area contributed by atoms with Crippen LogP contribution in [0.15, 0.2) is 48.5 Å².